The van der Waals surface area contributed by atoms with Crippen LogP contribution in [0.2, 0.25) is 0 Å². The fraction of sp³-hybridized carbons (Fsp3) is 0.308. The van der Waals surface area contributed by atoms with Crippen molar-refractivity contribution in [1.29, 1.82) is 0 Å². The standard InChI is InChI=1S/C16H17N.C10H15N/c1-2-6-13(7-3-1)10-16-11-14-8-4-5-9-15(14)12-17-16;1-2-11-9-8-10-6-4-3-5-7-10/h1-9,16-17H,10-12H2;3-7,11H,2,8-9H2,1H3. The monoisotopic (exact) mass is 372 g/mol. The number of nitrogens with one attached hydrogen (secondary N) is 2. The SMILES string of the molecule is CCNCCc1ccccc1.c1ccc(CC2Cc3ccccc3CN2)cc1. The Morgan fingerprint density at radius 1 is 0.786 bits per heavy atom. The van der Waals surface area contributed by atoms with Crippen molar-refractivity contribution < 1.29 is 0 Å². The highest BCUT2D eigenvalue weighted by Crippen LogP contribution is 2.18. The highest BCUT2D eigenvalue weighted by Gasteiger charge is 2.17. The second-order valence-electron chi connectivity index (χ2n) is 7.33. The maximum absolute atomic E-state index is 3.62. The van der Waals surface area contributed by atoms with Gasteiger partial charge in [0, 0.05) is 12.6 Å². The summed E-state index contributed by atoms with van der Waals surface area (Å²) in [7, 11) is 0. The molecule has 1 heterocycles. The van der Waals surface area contributed by atoms with Gasteiger partial charge in [0.15, 0.2) is 0 Å². The largest absolute Gasteiger partial charge is 0.317 e. The number of hydrogen-bond acceptors (Lipinski definition) is 2. The third kappa shape index (κ3) is 6.63. The molecular weight excluding hydrogens is 340 g/mol. The van der Waals surface area contributed by atoms with Crippen LogP contribution >= 0.6 is 0 Å². The van der Waals surface area contributed by atoms with Crippen LogP contribution in [0.15, 0.2) is 84.9 Å². The number of benzene rings is 3. The molecule has 28 heavy (non-hydrogen) atoms. The Morgan fingerprint density at radius 3 is 2.07 bits per heavy atom. The Balaban J connectivity index is 0.000000178. The molecule has 0 fully saturated rings. The molecule has 0 bridgehead atoms. The van der Waals surface area contributed by atoms with Crippen molar-refractivity contribution in [3.8, 4) is 0 Å². The molecule has 2 heteroatoms. The van der Waals surface area contributed by atoms with Crippen LogP contribution in [0.4, 0.5) is 0 Å². The summed E-state index contributed by atoms with van der Waals surface area (Å²) in [5, 5.41) is 6.92. The van der Waals surface area contributed by atoms with E-state index in [1.54, 1.807) is 0 Å². The lowest BCUT2D eigenvalue weighted by Crippen LogP contribution is -2.37. The van der Waals surface area contributed by atoms with Crippen LogP contribution in [-0.4, -0.2) is 19.1 Å². The van der Waals surface area contributed by atoms with Crippen LogP contribution in [0.1, 0.15) is 29.2 Å². The first kappa shape index (κ1) is 20.3. The molecule has 0 aromatic heterocycles. The average molecular weight is 373 g/mol. The van der Waals surface area contributed by atoms with E-state index in [9.17, 15) is 0 Å². The minimum Gasteiger partial charge on any atom is -0.317 e. The van der Waals surface area contributed by atoms with Gasteiger partial charge >= 0.3 is 0 Å². The van der Waals surface area contributed by atoms with Gasteiger partial charge in [0.2, 0.25) is 0 Å². The van der Waals surface area contributed by atoms with Gasteiger partial charge in [-0.25, -0.2) is 0 Å². The van der Waals surface area contributed by atoms with E-state index in [-0.39, 0.29) is 0 Å². The van der Waals surface area contributed by atoms with E-state index >= 15 is 0 Å². The molecule has 0 radical (unpaired) electrons. The van der Waals surface area contributed by atoms with Gasteiger partial charge in [-0.3, -0.25) is 0 Å². The fourth-order valence-corrected chi connectivity index (χ4v) is 3.62. The summed E-state index contributed by atoms with van der Waals surface area (Å²) in [5.41, 5.74) is 5.79. The molecule has 1 unspecified atom stereocenters. The molecule has 0 spiro atoms. The van der Waals surface area contributed by atoms with Crippen LogP contribution in [0.25, 0.3) is 0 Å². The predicted molar refractivity (Wildman–Crippen MR) is 120 cm³/mol. The van der Waals surface area contributed by atoms with Crippen molar-refractivity contribution >= 4 is 0 Å². The van der Waals surface area contributed by atoms with E-state index in [0.29, 0.717) is 6.04 Å². The quantitative estimate of drug-likeness (QED) is 0.608. The summed E-state index contributed by atoms with van der Waals surface area (Å²) < 4.78 is 0. The van der Waals surface area contributed by atoms with Crippen LogP contribution in [0.3, 0.4) is 0 Å². The minimum absolute atomic E-state index is 0.576. The lowest BCUT2D eigenvalue weighted by Gasteiger charge is -2.26. The number of fused-ring (bicyclic) bond motifs is 1. The van der Waals surface area contributed by atoms with E-state index in [1.165, 1.54) is 22.3 Å². The molecule has 0 saturated heterocycles. The molecule has 2 nitrogen and oxygen atoms in total. The van der Waals surface area contributed by atoms with Crippen molar-refractivity contribution in [2.75, 3.05) is 13.1 Å². The van der Waals surface area contributed by atoms with E-state index in [2.05, 4.69) is 102 Å². The Kier molecular flexibility index (Phi) is 8.29. The van der Waals surface area contributed by atoms with Crippen molar-refractivity contribution in [2.24, 2.45) is 0 Å². The lowest BCUT2D eigenvalue weighted by atomic mass is 9.92. The molecule has 0 aliphatic carbocycles. The molecule has 1 aliphatic heterocycles. The lowest BCUT2D eigenvalue weighted by molar-refractivity contribution is 0.477. The van der Waals surface area contributed by atoms with Crippen molar-refractivity contribution in [1.82, 2.24) is 10.6 Å². The van der Waals surface area contributed by atoms with E-state index < -0.39 is 0 Å². The molecule has 1 atom stereocenters. The van der Waals surface area contributed by atoms with Crippen LogP contribution in [0, 0.1) is 0 Å². The zero-order valence-corrected chi connectivity index (χ0v) is 16.9. The van der Waals surface area contributed by atoms with Gasteiger partial charge in [0.25, 0.3) is 0 Å². The van der Waals surface area contributed by atoms with Crippen molar-refractivity contribution in [3.05, 3.63) is 107 Å². The molecule has 146 valence electrons. The second-order valence-corrected chi connectivity index (χ2v) is 7.33. The summed E-state index contributed by atoms with van der Waals surface area (Å²) in [6, 6.07) is 30.6. The van der Waals surface area contributed by atoms with E-state index in [4.69, 9.17) is 0 Å². The van der Waals surface area contributed by atoms with Gasteiger partial charge in [-0.15, -0.1) is 0 Å². The Hall–Kier alpha value is -2.42. The molecule has 0 saturated carbocycles. The number of hydrogen-bond donors (Lipinski definition) is 2. The predicted octanol–water partition coefficient (Wildman–Crippen LogP) is 4.78. The summed E-state index contributed by atoms with van der Waals surface area (Å²) in [6.45, 7) is 5.28. The van der Waals surface area contributed by atoms with Gasteiger partial charge in [0.1, 0.15) is 0 Å². The maximum Gasteiger partial charge on any atom is 0.0211 e. The molecule has 2 N–H and O–H groups in total. The van der Waals surface area contributed by atoms with Crippen LogP contribution < -0.4 is 10.6 Å². The summed E-state index contributed by atoms with van der Waals surface area (Å²) in [6.07, 6.45) is 3.40. The Labute approximate surface area is 170 Å². The van der Waals surface area contributed by atoms with Gasteiger partial charge in [0.05, 0.1) is 0 Å². The zero-order valence-electron chi connectivity index (χ0n) is 16.9. The fourth-order valence-electron chi connectivity index (χ4n) is 3.62. The second kappa shape index (κ2) is 11.4. The first-order valence-electron chi connectivity index (χ1n) is 10.4. The first-order chi connectivity index (χ1) is 13.8. The third-order valence-corrected chi connectivity index (χ3v) is 5.17. The molecule has 1 aliphatic rings. The normalized spacial score (nSPS) is 15.2. The Morgan fingerprint density at radius 2 is 1.39 bits per heavy atom. The van der Waals surface area contributed by atoms with Crippen molar-refractivity contribution in [3.63, 3.8) is 0 Å². The summed E-state index contributed by atoms with van der Waals surface area (Å²) >= 11 is 0. The summed E-state index contributed by atoms with van der Waals surface area (Å²) in [4.78, 5) is 0. The number of rotatable bonds is 6. The van der Waals surface area contributed by atoms with Crippen molar-refractivity contribution in [2.45, 2.75) is 38.8 Å². The first-order valence-corrected chi connectivity index (χ1v) is 10.4. The Bertz CT molecular complexity index is 799. The van der Waals surface area contributed by atoms with E-state index in [1.807, 2.05) is 0 Å². The molecule has 0 amide bonds. The molecule has 3 aromatic rings. The summed E-state index contributed by atoms with van der Waals surface area (Å²) in [5.74, 6) is 0. The third-order valence-electron chi connectivity index (χ3n) is 5.17. The zero-order chi connectivity index (χ0) is 19.4. The van der Waals surface area contributed by atoms with Gasteiger partial charge in [-0.1, -0.05) is 91.9 Å². The van der Waals surface area contributed by atoms with Crippen LogP contribution in [0.5, 0.6) is 0 Å². The van der Waals surface area contributed by atoms with Crippen LogP contribution in [-0.2, 0) is 25.8 Å². The molecular formula is C26H32N2. The van der Waals surface area contributed by atoms with Gasteiger partial charge in [-0.2, -0.15) is 0 Å². The molecule has 3 aromatic carbocycles. The van der Waals surface area contributed by atoms with Gasteiger partial charge in [-0.05, 0) is 54.6 Å². The maximum atomic E-state index is 3.62. The van der Waals surface area contributed by atoms with Gasteiger partial charge < -0.3 is 10.6 Å². The highest BCUT2D eigenvalue weighted by atomic mass is 14.9. The van der Waals surface area contributed by atoms with E-state index in [0.717, 1.165) is 38.9 Å². The topological polar surface area (TPSA) is 24.1 Å². The minimum atomic E-state index is 0.576. The number of likely N-dealkylation sites (N-methyl/N-ethyl adjacent to an activating group) is 1. The highest BCUT2D eigenvalue weighted by molar-refractivity contribution is 5.30. The smallest absolute Gasteiger partial charge is 0.0211 e. The average Bonchev–Trinajstić information content (AvgIpc) is 2.76. The molecule has 4 rings (SSSR count).